The molecule has 0 aliphatic carbocycles. The van der Waals surface area contributed by atoms with E-state index < -0.39 is 35.9 Å². The Morgan fingerprint density at radius 1 is 1.00 bits per heavy atom. The number of aliphatic imine (C=N–C) groups is 1. The molecule has 0 aromatic carbocycles. The summed E-state index contributed by atoms with van der Waals surface area (Å²) in [5, 5.41) is 14.5. The second-order valence-electron chi connectivity index (χ2n) is 6.58. The van der Waals surface area contributed by atoms with Crippen molar-refractivity contribution in [3.8, 4) is 0 Å². The van der Waals surface area contributed by atoms with Gasteiger partial charge >= 0.3 is 5.97 Å². The van der Waals surface area contributed by atoms with Gasteiger partial charge in [0.05, 0.1) is 6.04 Å². The quantitative estimate of drug-likeness (QED) is 0.0838. The van der Waals surface area contributed by atoms with E-state index in [0.29, 0.717) is 38.0 Å². The van der Waals surface area contributed by atoms with Crippen LogP contribution in [0.15, 0.2) is 4.99 Å². The lowest BCUT2D eigenvalue weighted by Gasteiger charge is -2.22. The maximum absolute atomic E-state index is 12.6. The third kappa shape index (κ3) is 12.9. The summed E-state index contributed by atoms with van der Waals surface area (Å²) >= 11 is 1.51. The maximum Gasteiger partial charge on any atom is 0.326 e. The van der Waals surface area contributed by atoms with Crippen molar-refractivity contribution in [2.24, 2.45) is 27.9 Å². The topological polar surface area (TPSA) is 212 Å². The van der Waals surface area contributed by atoms with Crippen LogP contribution >= 0.6 is 11.8 Å². The summed E-state index contributed by atoms with van der Waals surface area (Å²) in [5.74, 6) is -1.64. The number of carboxylic acids is 1. The minimum atomic E-state index is -1.17. The molecule has 0 bridgehead atoms. The SMILES string of the molecule is CSCCC(NC(=O)C(N)CCCCN)C(=O)NC(CCCN=C(N)N)C(=O)O. The Kier molecular flexibility index (Phi) is 14.7. The molecule has 0 aliphatic rings. The second kappa shape index (κ2) is 15.8. The van der Waals surface area contributed by atoms with E-state index in [1.54, 1.807) is 0 Å². The minimum Gasteiger partial charge on any atom is -0.480 e. The normalized spacial score (nSPS) is 13.8. The van der Waals surface area contributed by atoms with Crippen LogP contribution in [0, 0.1) is 0 Å². The molecule has 0 heterocycles. The molecular weight excluding hydrogens is 398 g/mol. The Morgan fingerprint density at radius 2 is 1.66 bits per heavy atom. The van der Waals surface area contributed by atoms with Crippen molar-refractivity contribution in [3.63, 3.8) is 0 Å². The Labute approximate surface area is 175 Å². The number of thioether (sulfide) groups is 1. The van der Waals surface area contributed by atoms with Crippen molar-refractivity contribution in [1.82, 2.24) is 10.6 Å². The molecule has 3 unspecified atom stereocenters. The van der Waals surface area contributed by atoms with Gasteiger partial charge < -0.3 is 38.7 Å². The van der Waals surface area contributed by atoms with Crippen LogP contribution in [0.25, 0.3) is 0 Å². The largest absolute Gasteiger partial charge is 0.480 e. The van der Waals surface area contributed by atoms with E-state index in [4.69, 9.17) is 22.9 Å². The highest BCUT2D eigenvalue weighted by atomic mass is 32.2. The van der Waals surface area contributed by atoms with E-state index in [0.717, 1.165) is 6.42 Å². The van der Waals surface area contributed by atoms with Gasteiger partial charge in [-0.25, -0.2) is 4.79 Å². The number of rotatable bonds is 16. The highest BCUT2D eigenvalue weighted by Gasteiger charge is 2.27. The number of carbonyl (C=O) groups is 3. The first-order valence-electron chi connectivity index (χ1n) is 9.56. The first kappa shape index (κ1) is 27.0. The standard InChI is InChI=1S/C17H35N7O4S/c1-29-10-7-12(23-14(25)11(19)5-2-3-8-18)15(26)24-13(16(27)28)6-4-9-22-17(20)21/h11-13H,2-10,18-19H2,1H3,(H,23,25)(H,24,26)(H,27,28)(H4,20,21,22). The lowest BCUT2D eigenvalue weighted by molar-refractivity contribution is -0.142. The Bertz CT molecular complexity index is 544. The van der Waals surface area contributed by atoms with Gasteiger partial charge in [-0.05, 0) is 50.7 Å². The fourth-order valence-electron chi connectivity index (χ4n) is 2.46. The monoisotopic (exact) mass is 433 g/mol. The molecule has 0 aliphatic heterocycles. The van der Waals surface area contributed by atoms with E-state index >= 15 is 0 Å². The van der Waals surface area contributed by atoms with Gasteiger partial charge in [-0.3, -0.25) is 14.6 Å². The van der Waals surface area contributed by atoms with Gasteiger partial charge in [0.25, 0.3) is 0 Å². The number of hydrogen-bond donors (Lipinski definition) is 7. The number of carbonyl (C=O) groups excluding carboxylic acids is 2. The second-order valence-corrected chi connectivity index (χ2v) is 7.57. The van der Waals surface area contributed by atoms with Crippen LogP contribution in [0.3, 0.4) is 0 Å². The molecule has 0 fully saturated rings. The molecule has 29 heavy (non-hydrogen) atoms. The van der Waals surface area contributed by atoms with Gasteiger partial charge in [0.15, 0.2) is 5.96 Å². The number of amides is 2. The highest BCUT2D eigenvalue weighted by Crippen LogP contribution is 2.06. The minimum absolute atomic E-state index is 0.0800. The predicted octanol–water partition coefficient (Wildman–Crippen LogP) is -1.70. The van der Waals surface area contributed by atoms with Crippen LogP contribution in [0.2, 0.25) is 0 Å². The van der Waals surface area contributed by atoms with Gasteiger partial charge in [-0.15, -0.1) is 0 Å². The van der Waals surface area contributed by atoms with Crippen LogP contribution in [-0.2, 0) is 14.4 Å². The van der Waals surface area contributed by atoms with E-state index in [-0.39, 0.29) is 18.9 Å². The number of nitrogens with two attached hydrogens (primary N) is 4. The molecule has 0 saturated carbocycles. The third-order valence-corrected chi connectivity index (χ3v) is 4.75. The van der Waals surface area contributed by atoms with Crippen LogP contribution < -0.4 is 33.6 Å². The summed E-state index contributed by atoms with van der Waals surface area (Å²) in [6.45, 7) is 0.777. The fourth-order valence-corrected chi connectivity index (χ4v) is 2.93. The molecule has 0 aromatic rings. The van der Waals surface area contributed by atoms with E-state index in [2.05, 4.69) is 15.6 Å². The van der Waals surface area contributed by atoms with Crippen LogP contribution in [0.4, 0.5) is 0 Å². The van der Waals surface area contributed by atoms with Gasteiger partial charge in [-0.1, -0.05) is 6.42 Å². The van der Waals surface area contributed by atoms with E-state index in [1.807, 2.05) is 6.26 Å². The lowest BCUT2D eigenvalue weighted by Crippen LogP contribution is -2.54. The molecule has 11 nitrogen and oxygen atoms in total. The number of aliphatic carboxylic acids is 1. The van der Waals surface area contributed by atoms with E-state index in [9.17, 15) is 19.5 Å². The molecule has 11 N–H and O–H groups in total. The molecule has 0 saturated heterocycles. The zero-order valence-electron chi connectivity index (χ0n) is 16.9. The lowest BCUT2D eigenvalue weighted by atomic mass is 10.1. The zero-order valence-corrected chi connectivity index (χ0v) is 17.7. The Hall–Kier alpha value is -2.05. The molecule has 0 radical (unpaired) electrons. The Balaban J connectivity index is 4.86. The highest BCUT2D eigenvalue weighted by molar-refractivity contribution is 7.98. The molecule has 3 atom stereocenters. The summed E-state index contributed by atoms with van der Waals surface area (Å²) in [6, 6.07) is -2.72. The first-order valence-corrected chi connectivity index (χ1v) is 11.0. The van der Waals surface area contributed by atoms with Gasteiger partial charge in [0.2, 0.25) is 11.8 Å². The van der Waals surface area contributed by atoms with Crippen LogP contribution in [0.5, 0.6) is 0 Å². The third-order valence-electron chi connectivity index (χ3n) is 4.11. The molecule has 2 amide bonds. The molecule has 12 heteroatoms. The van der Waals surface area contributed by atoms with Crippen molar-refractivity contribution in [3.05, 3.63) is 0 Å². The number of hydrogen-bond acceptors (Lipinski definition) is 7. The van der Waals surface area contributed by atoms with Crippen LogP contribution in [0.1, 0.15) is 38.5 Å². The van der Waals surface area contributed by atoms with E-state index in [1.165, 1.54) is 11.8 Å². The number of unbranched alkanes of at least 4 members (excludes halogenated alkanes) is 1. The molecule has 0 rings (SSSR count). The average Bonchev–Trinajstić information content (AvgIpc) is 2.66. The number of nitrogens with zero attached hydrogens (tertiary/aromatic N) is 1. The molecular formula is C17H35N7O4S. The Morgan fingerprint density at radius 3 is 2.21 bits per heavy atom. The summed E-state index contributed by atoms with van der Waals surface area (Å²) < 4.78 is 0. The summed E-state index contributed by atoms with van der Waals surface area (Å²) in [6.07, 6.45) is 4.69. The number of carboxylic acid groups (broad SMARTS) is 1. The fraction of sp³-hybridized carbons (Fsp3) is 0.765. The van der Waals surface area contributed by atoms with Crippen molar-refractivity contribution in [2.75, 3.05) is 25.1 Å². The summed E-state index contributed by atoms with van der Waals surface area (Å²) in [4.78, 5) is 40.1. The van der Waals surface area contributed by atoms with Gasteiger partial charge in [-0.2, -0.15) is 11.8 Å². The molecule has 168 valence electrons. The summed E-state index contributed by atoms with van der Waals surface area (Å²) in [5.41, 5.74) is 21.8. The van der Waals surface area contributed by atoms with Crippen LogP contribution in [-0.4, -0.2) is 72.1 Å². The van der Waals surface area contributed by atoms with Crippen molar-refractivity contribution in [2.45, 2.75) is 56.7 Å². The number of guanidine groups is 1. The maximum atomic E-state index is 12.6. The zero-order chi connectivity index (χ0) is 22.2. The predicted molar refractivity (Wildman–Crippen MR) is 115 cm³/mol. The summed E-state index contributed by atoms with van der Waals surface area (Å²) in [7, 11) is 0. The van der Waals surface area contributed by atoms with Crippen molar-refractivity contribution < 1.29 is 19.5 Å². The van der Waals surface area contributed by atoms with Crippen molar-refractivity contribution in [1.29, 1.82) is 0 Å². The van der Waals surface area contributed by atoms with Gasteiger partial charge in [0.1, 0.15) is 12.1 Å². The van der Waals surface area contributed by atoms with Crippen molar-refractivity contribution >= 4 is 35.5 Å². The van der Waals surface area contributed by atoms with Gasteiger partial charge in [0, 0.05) is 6.54 Å². The number of nitrogens with one attached hydrogen (secondary N) is 2. The average molecular weight is 434 g/mol. The molecule has 0 spiro atoms. The molecule has 0 aromatic heterocycles. The smallest absolute Gasteiger partial charge is 0.326 e. The first-order chi connectivity index (χ1) is 13.7.